The molecule has 4 amide bonds. The lowest BCUT2D eigenvalue weighted by atomic mass is 10.3. The van der Waals surface area contributed by atoms with E-state index in [1.807, 2.05) is 0 Å². The van der Waals surface area contributed by atoms with Crippen LogP contribution in [0.2, 0.25) is 0 Å². The third kappa shape index (κ3) is 4.83. The first-order chi connectivity index (χ1) is 16.3. The number of hydrogen-bond donors (Lipinski definition) is 0. The van der Waals surface area contributed by atoms with Gasteiger partial charge in [-0.3, -0.25) is 24.0 Å². The molecule has 0 unspecified atom stereocenters. The van der Waals surface area contributed by atoms with Gasteiger partial charge in [0, 0.05) is 21.9 Å². The number of nitrogens with zero attached hydrogens (tertiary/aromatic N) is 2. The topological polar surface area (TPSA) is 91.8 Å². The van der Waals surface area contributed by atoms with Crippen LogP contribution in [-0.4, -0.2) is 40.9 Å². The predicted molar refractivity (Wildman–Crippen MR) is 132 cm³/mol. The van der Waals surface area contributed by atoms with E-state index in [1.54, 1.807) is 48.5 Å². The van der Waals surface area contributed by atoms with Crippen molar-refractivity contribution in [3.05, 3.63) is 70.7 Å². The molecule has 11 heteroatoms. The first-order valence-electron chi connectivity index (χ1n) is 9.74. The third-order valence-corrected chi connectivity index (χ3v) is 7.53. The maximum absolute atomic E-state index is 12.6. The van der Waals surface area contributed by atoms with Gasteiger partial charge in [-0.05, 0) is 24.3 Å². The Labute approximate surface area is 212 Å². The number of ketones is 1. The molecule has 2 heterocycles. The number of hydrogen-bond acceptors (Lipinski definition) is 7. The van der Waals surface area contributed by atoms with Crippen molar-refractivity contribution < 1.29 is 24.0 Å². The van der Waals surface area contributed by atoms with E-state index >= 15 is 0 Å². The first kappa shape index (κ1) is 24.3. The molecule has 0 fully saturated rings. The number of carbonyl (C=O) groups excluding carboxylic acids is 5. The Hall–Kier alpha value is -2.85. The lowest BCUT2D eigenvalue weighted by molar-refractivity contribution is -0.121. The second kappa shape index (κ2) is 10.2. The summed E-state index contributed by atoms with van der Waals surface area (Å²) in [6, 6.07) is 13.5. The number of para-hydroxylation sites is 2. The normalized spacial score (nSPS) is 15.8. The van der Waals surface area contributed by atoms with Crippen molar-refractivity contribution in [2.24, 2.45) is 0 Å². The van der Waals surface area contributed by atoms with E-state index in [1.165, 1.54) is 23.5 Å². The summed E-state index contributed by atoms with van der Waals surface area (Å²) in [7, 11) is 0. The Morgan fingerprint density at radius 3 is 1.41 bits per heavy atom. The van der Waals surface area contributed by atoms with Gasteiger partial charge in [-0.2, -0.15) is 0 Å². The predicted octanol–water partition coefficient (Wildman–Crippen LogP) is 4.13. The van der Waals surface area contributed by atoms with Crippen molar-refractivity contribution in [1.82, 2.24) is 0 Å². The van der Waals surface area contributed by atoms with Crippen molar-refractivity contribution in [3.63, 3.8) is 0 Å². The highest BCUT2D eigenvalue weighted by Crippen LogP contribution is 2.36. The van der Waals surface area contributed by atoms with E-state index in [0.717, 1.165) is 22.0 Å². The number of anilines is 2. The zero-order chi connectivity index (χ0) is 24.4. The molecule has 0 radical (unpaired) electrons. The minimum absolute atomic E-state index is 0.0819. The fraction of sp³-hybridized carbons (Fsp3) is 0.0870. The first-order valence-corrected chi connectivity index (χ1v) is 12.5. The highest BCUT2D eigenvalue weighted by molar-refractivity contribution is 8.01. The molecule has 0 aromatic heterocycles. The van der Waals surface area contributed by atoms with Crippen molar-refractivity contribution in [1.29, 1.82) is 0 Å². The molecule has 0 aliphatic carbocycles. The lowest BCUT2D eigenvalue weighted by Gasteiger charge is -2.18. The summed E-state index contributed by atoms with van der Waals surface area (Å²) >= 11 is 14.0. The maximum Gasteiger partial charge on any atom is 0.277 e. The van der Waals surface area contributed by atoms with Crippen LogP contribution in [0, 0.1) is 0 Å². The number of rotatable bonds is 8. The van der Waals surface area contributed by atoms with Gasteiger partial charge in [0.15, 0.2) is 5.78 Å². The molecule has 2 aromatic carbocycles. The van der Waals surface area contributed by atoms with Gasteiger partial charge in [-0.1, -0.05) is 47.5 Å². The second-order valence-electron chi connectivity index (χ2n) is 6.99. The molecule has 2 aromatic rings. The monoisotopic (exact) mass is 532 g/mol. The maximum atomic E-state index is 12.6. The van der Waals surface area contributed by atoms with Gasteiger partial charge in [-0.15, -0.1) is 23.5 Å². The number of imide groups is 2. The average molecular weight is 533 g/mol. The van der Waals surface area contributed by atoms with Crippen molar-refractivity contribution in [2.45, 2.75) is 9.79 Å². The highest BCUT2D eigenvalue weighted by atomic mass is 35.5. The number of benzene rings is 2. The molecule has 4 rings (SSSR count). The lowest BCUT2D eigenvalue weighted by Crippen LogP contribution is -2.30. The van der Waals surface area contributed by atoms with E-state index < -0.39 is 23.6 Å². The summed E-state index contributed by atoms with van der Waals surface area (Å²) in [5.74, 6) is -2.26. The average Bonchev–Trinajstić information content (AvgIpc) is 3.22. The van der Waals surface area contributed by atoms with Crippen LogP contribution in [0.15, 0.2) is 80.5 Å². The zero-order valence-corrected chi connectivity index (χ0v) is 20.3. The van der Waals surface area contributed by atoms with Crippen LogP contribution in [0.4, 0.5) is 11.4 Å². The van der Waals surface area contributed by atoms with E-state index in [2.05, 4.69) is 0 Å². The molecule has 0 atom stereocenters. The standard InChI is InChI=1S/C23H14Cl2N2O5S2/c24-14-9-20(29)26(22(14)31)16-5-1-3-7-18(16)33-11-13(28)12-34-19-8-4-2-6-17(19)27-21(30)10-15(25)23(27)32/h1-10H,11-12H2. The minimum Gasteiger partial charge on any atom is -0.298 e. The fourth-order valence-electron chi connectivity index (χ4n) is 3.23. The summed E-state index contributed by atoms with van der Waals surface area (Å²) in [6.07, 6.45) is 2.12. The quantitative estimate of drug-likeness (QED) is 0.372. The number of halogens is 2. The zero-order valence-electron chi connectivity index (χ0n) is 17.2. The number of amides is 4. The van der Waals surface area contributed by atoms with Crippen LogP contribution in [0.25, 0.3) is 0 Å². The second-order valence-corrected chi connectivity index (χ2v) is 9.84. The molecular formula is C23H14Cl2N2O5S2. The van der Waals surface area contributed by atoms with Gasteiger partial charge in [0.05, 0.1) is 22.9 Å². The van der Waals surface area contributed by atoms with Gasteiger partial charge >= 0.3 is 0 Å². The Morgan fingerprint density at radius 2 is 1.06 bits per heavy atom. The highest BCUT2D eigenvalue weighted by Gasteiger charge is 2.34. The van der Waals surface area contributed by atoms with E-state index in [0.29, 0.717) is 21.2 Å². The Morgan fingerprint density at radius 1 is 0.676 bits per heavy atom. The van der Waals surface area contributed by atoms with Crippen LogP contribution in [0.1, 0.15) is 0 Å². The van der Waals surface area contributed by atoms with Gasteiger partial charge < -0.3 is 0 Å². The molecule has 0 spiro atoms. The van der Waals surface area contributed by atoms with E-state index in [9.17, 15) is 24.0 Å². The fourth-order valence-corrected chi connectivity index (χ4v) is 5.51. The molecule has 2 aliphatic rings. The molecule has 34 heavy (non-hydrogen) atoms. The molecule has 172 valence electrons. The molecule has 0 saturated heterocycles. The Balaban J connectivity index is 1.41. The van der Waals surface area contributed by atoms with Crippen molar-refractivity contribution in [2.75, 3.05) is 21.3 Å². The summed E-state index contributed by atoms with van der Waals surface area (Å²) < 4.78 is 0. The van der Waals surface area contributed by atoms with E-state index in [-0.39, 0.29) is 27.4 Å². The Bertz CT molecular complexity index is 1210. The van der Waals surface area contributed by atoms with E-state index in [4.69, 9.17) is 23.2 Å². The minimum atomic E-state index is -0.612. The molecule has 0 saturated carbocycles. The SMILES string of the molecule is O=C(CSc1ccccc1N1C(=O)C=C(Cl)C1=O)CSc1ccccc1N1C(=O)C=C(Cl)C1=O. The number of thioether (sulfide) groups is 2. The third-order valence-electron chi connectivity index (χ3n) is 4.75. The van der Waals surface area contributed by atoms with Crippen molar-refractivity contribution in [3.8, 4) is 0 Å². The van der Waals surface area contributed by atoms with Crippen LogP contribution in [0.3, 0.4) is 0 Å². The Kier molecular flexibility index (Phi) is 7.27. The van der Waals surface area contributed by atoms with Gasteiger partial charge in [0.2, 0.25) is 0 Å². The smallest absolute Gasteiger partial charge is 0.277 e. The van der Waals surface area contributed by atoms with Crippen molar-refractivity contribution >= 4 is 87.5 Å². The summed E-state index contributed by atoms with van der Waals surface area (Å²) in [5.41, 5.74) is 0.714. The van der Waals surface area contributed by atoms with Gasteiger partial charge in [-0.25, -0.2) is 9.80 Å². The summed E-state index contributed by atoms with van der Waals surface area (Å²) in [6.45, 7) is 0. The van der Waals surface area contributed by atoms with Crippen LogP contribution < -0.4 is 9.80 Å². The summed E-state index contributed by atoms with van der Waals surface area (Å²) in [5, 5.41) is -0.329. The molecule has 0 bridgehead atoms. The van der Waals surface area contributed by atoms with Crippen LogP contribution in [-0.2, 0) is 24.0 Å². The summed E-state index contributed by atoms with van der Waals surface area (Å²) in [4.78, 5) is 64.5. The largest absolute Gasteiger partial charge is 0.298 e. The van der Waals surface area contributed by atoms with Gasteiger partial charge in [0.25, 0.3) is 23.6 Å². The van der Waals surface area contributed by atoms with Crippen LogP contribution >= 0.6 is 46.7 Å². The molecule has 0 N–H and O–H groups in total. The number of Topliss-reactive ketones (excluding diaryl/α,β-unsaturated/α-hetero) is 1. The molecule has 2 aliphatic heterocycles. The van der Waals surface area contributed by atoms with Crippen LogP contribution in [0.5, 0.6) is 0 Å². The molecular weight excluding hydrogens is 519 g/mol. The molecule has 7 nitrogen and oxygen atoms in total. The van der Waals surface area contributed by atoms with Gasteiger partial charge in [0.1, 0.15) is 10.1 Å². The number of carbonyl (C=O) groups is 5.